The number of amidine groups is 1. The number of anilines is 1. The molecular formula is C12H18N4O. The number of aromatic nitrogens is 1. The van der Waals surface area contributed by atoms with Crippen molar-refractivity contribution in [3.05, 3.63) is 23.9 Å². The number of hydrogen-bond donors (Lipinski definition) is 3. The molecule has 0 spiro atoms. The summed E-state index contributed by atoms with van der Waals surface area (Å²) in [5.74, 6) is 1.29. The van der Waals surface area contributed by atoms with Crippen LogP contribution in [0.4, 0.5) is 5.82 Å². The van der Waals surface area contributed by atoms with Crippen LogP contribution in [0.2, 0.25) is 0 Å². The maximum Gasteiger partial charge on any atom is 0.141 e. The normalized spacial score (nSPS) is 17.1. The van der Waals surface area contributed by atoms with Crippen molar-refractivity contribution in [2.24, 2.45) is 11.7 Å². The third kappa shape index (κ3) is 2.74. The van der Waals surface area contributed by atoms with Crippen LogP contribution < -0.4 is 10.6 Å². The molecule has 0 unspecified atom stereocenters. The van der Waals surface area contributed by atoms with Crippen LogP contribution in [0.1, 0.15) is 18.5 Å². The fourth-order valence-corrected chi connectivity index (χ4v) is 2.09. The van der Waals surface area contributed by atoms with Crippen LogP contribution in [-0.4, -0.2) is 35.6 Å². The molecule has 5 heteroatoms. The lowest BCUT2D eigenvalue weighted by Gasteiger charge is -2.32. The molecule has 0 saturated carbocycles. The second-order valence-corrected chi connectivity index (χ2v) is 4.41. The van der Waals surface area contributed by atoms with E-state index in [2.05, 4.69) is 9.88 Å². The first-order valence-electron chi connectivity index (χ1n) is 5.88. The van der Waals surface area contributed by atoms with Crippen LogP contribution in [0, 0.1) is 11.3 Å². The van der Waals surface area contributed by atoms with Gasteiger partial charge in [0.05, 0.1) is 0 Å². The van der Waals surface area contributed by atoms with E-state index in [-0.39, 0.29) is 12.4 Å². The number of aliphatic hydroxyl groups excluding tert-OH is 1. The third-order valence-electron chi connectivity index (χ3n) is 3.21. The molecule has 1 aromatic heterocycles. The van der Waals surface area contributed by atoms with E-state index in [1.54, 1.807) is 6.07 Å². The number of aliphatic hydroxyl groups is 1. The molecule has 1 fully saturated rings. The van der Waals surface area contributed by atoms with Gasteiger partial charge < -0.3 is 15.7 Å². The summed E-state index contributed by atoms with van der Waals surface area (Å²) in [5.41, 5.74) is 5.95. The Morgan fingerprint density at radius 1 is 1.47 bits per heavy atom. The summed E-state index contributed by atoms with van der Waals surface area (Å²) in [5, 5.41) is 16.5. The van der Waals surface area contributed by atoms with Crippen molar-refractivity contribution < 1.29 is 5.11 Å². The van der Waals surface area contributed by atoms with Crippen LogP contribution in [0.25, 0.3) is 0 Å². The van der Waals surface area contributed by atoms with Crippen molar-refractivity contribution in [2.75, 3.05) is 24.6 Å². The van der Waals surface area contributed by atoms with Gasteiger partial charge in [-0.05, 0) is 30.9 Å². The zero-order valence-electron chi connectivity index (χ0n) is 9.76. The average Bonchev–Trinajstić information content (AvgIpc) is 2.39. The Labute approximate surface area is 101 Å². The molecule has 0 aliphatic carbocycles. The van der Waals surface area contributed by atoms with Crippen LogP contribution in [0.5, 0.6) is 0 Å². The Morgan fingerprint density at radius 2 is 2.18 bits per heavy atom. The Bertz CT molecular complexity index is 399. The van der Waals surface area contributed by atoms with E-state index >= 15 is 0 Å². The SMILES string of the molecule is N=C(N)c1cccc(N2CCC(CO)CC2)n1. The van der Waals surface area contributed by atoms with Gasteiger partial charge in [-0.15, -0.1) is 0 Å². The van der Waals surface area contributed by atoms with Crippen molar-refractivity contribution in [1.29, 1.82) is 5.41 Å². The summed E-state index contributed by atoms with van der Waals surface area (Å²) in [6.07, 6.45) is 1.98. The van der Waals surface area contributed by atoms with Gasteiger partial charge in [-0.25, -0.2) is 4.98 Å². The van der Waals surface area contributed by atoms with Crippen LogP contribution in [0.15, 0.2) is 18.2 Å². The summed E-state index contributed by atoms with van der Waals surface area (Å²) in [6.45, 7) is 2.08. The van der Waals surface area contributed by atoms with E-state index < -0.39 is 0 Å². The molecule has 0 bridgehead atoms. The number of hydrogen-bond acceptors (Lipinski definition) is 4. The molecule has 1 saturated heterocycles. The van der Waals surface area contributed by atoms with Crippen molar-refractivity contribution in [3.63, 3.8) is 0 Å². The van der Waals surface area contributed by atoms with Gasteiger partial charge in [0.15, 0.2) is 0 Å². The summed E-state index contributed by atoms with van der Waals surface area (Å²) in [7, 11) is 0. The van der Waals surface area contributed by atoms with E-state index in [9.17, 15) is 0 Å². The van der Waals surface area contributed by atoms with Gasteiger partial charge >= 0.3 is 0 Å². The first-order valence-corrected chi connectivity index (χ1v) is 5.88. The minimum atomic E-state index is -0.00269. The molecule has 1 aromatic rings. The number of nitrogens with one attached hydrogen (secondary N) is 1. The standard InChI is InChI=1S/C12H18N4O/c13-12(14)10-2-1-3-11(15-10)16-6-4-9(8-17)5-7-16/h1-3,9,17H,4-8H2,(H3,13,14). The molecule has 0 aromatic carbocycles. The van der Waals surface area contributed by atoms with Crippen molar-refractivity contribution >= 4 is 11.7 Å². The second kappa shape index (κ2) is 5.14. The first-order chi connectivity index (χ1) is 8.20. The highest BCUT2D eigenvalue weighted by atomic mass is 16.3. The molecular weight excluding hydrogens is 216 g/mol. The van der Waals surface area contributed by atoms with Gasteiger partial charge in [-0.2, -0.15) is 0 Å². The molecule has 2 rings (SSSR count). The lowest BCUT2D eigenvalue weighted by molar-refractivity contribution is 0.203. The molecule has 0 amide bonds. The van der Waals surface area contributed by atoms with Crippen LogP contribution >= 0.6 is 0 Å². The van der Waals surface area contributed by atoms with Gasteiger partial charge in [0.1, 0.15) is 17.3 Å². The van der Waals surface area contributed by atoms with Crippen molar-refractivity contribution in [2.45, 2.75) is 12.8 Å². The van der Waals surface area contributed by atoms with Crippen molar-refractivity contribution in [1.82, 2.24) is 4.98 Å². The Hall–Kier alpha value is -1.62. The van der Waals surface area contributed by atoms with Gasteiger partial charge in [0.25, 0.3) is 0 Å². The van der Waals surface area contributed by atoms with Crippen LogP contribution in [0.3, 0.4) is 0 Å². The van der Waals surface area contributed by atoms with Crippen molar-refractivity contribution in [3.8, 4) is 0 Å². The molecule has 4 N–H and O–H groups in total. The van der Waals surface area contributed by atoms with Crippen LogP contribution in [-0.2, 0) is 0 Å². The predicted molar refractivity (Wildman–Crippen MR) is 67.3 cm³/mol. The number of nitrogens with zero attached hydrogens (tertiary/aromatic N) is 2. The first kappa shape index (κ1) is 11.9. The zero-order chi connectivity index (χ0) is 12.3. The highest BCUT2D eigenvalue weighted by Gasteiger charge is 2.19. The molecule has 17 heavy (non-hydrogen) atoms. The summed E-state index contributed by atoms with van der Waals surface area (Å²) >= 11 is 0. The molecule has 0 atom stereocenters. The molecule has 92 valence electrons. The summed E-state index contributed by atoms with van der Waals surface area (Å²) < 4.78 is 0. The van der Waals surface area contributed by atoms with E-state index in [4.69, 9.17) is 16.2 Å². The Morgan fingerprint density at radius 3 is 2.76 bits per heavy atom. The van der Waals surface area contributed by atoms with Gasteiger partial charge in [-0.1, -0.05) is 6.07 Å². The maximum absolute atomic E-state index is 9.09. The lowest BCUT2D eigenvalue weighted by Crippen LogP contribution is -2.35. The van der Waals surface area contributed by atoms with E-state index in [0.717, 1.165) is 31.7 Å². The fraction of sp³-hybridized carbons (Fsp3) is 0.500. The smallest absolute Gasteiger partial charge is 0.141 e. The van der Waals surface area contributed by atoms with E-state index in [1.165, 1.54) is 0 Å². The number of pyridine rings is 1. The predicted octanol–water partition coefficient (Wildman–Crippen LogP) is 0.574. The number of nitrogens with two attached hydrogens (primary N) is 1. The highest BCUT2D eigenvalue weighted by molar-refractivity contribution is 5.93. The zero-order valence-corrected chi connectivity index (χ0v) is 9.76. The minimum Gasteiger partial charge on any atom is -0.396 e. The van der Waals surface area contributed by atoms with Gasteiger partial charge in [0.2, 0.25) is 0 Å². The number of rotatable bonds is 3. The minimum absolute atomic E-state index is 0.00269. The number of nitrogen functional groups attached to an aromatic ring is 1. The third-order valence-corrected chi connectivity index (χ3v) is 3.21. The largest absolute Gasteiger partial charge is 0.396 e. The Kier molecular flexibility index (Phi) is 3.58. The van der Waals surface area contributed by atoms with Gasteiger partial charge in [-0.3, -0.25) is 5.41 Å². The van der Waals surface area contributed by atoms with E-state index in [0.29, 0.717) is 11.6 Å². The number of piperidine rings is 1. The maximum atomic E-state index is 9.09. The molecule has 5 nitrogen and oxygen atoms in total. The molecule has 0 radical (unpaired) electrons. The second-order valence-electron chi connectivity index (χ2n) is 4.41. The molecule has 1 aliphatic rings. The van der Waals surface area contributed by atoms with Gasteiger partial charge in [0, 0.05) is 19.7 Å². The summed E-state index contributed by atoms with van der Waals surface area (Å²) in [6, 6.07) is 5.55. The monoisotopic (exact) mass is 234 g/mol. The average molecular weight is 234 g/mol. The van der Waals surface area contributed by atoms with E-state index in [1.807, 2.05) is 12.1 Å². The topological polar surface area (TPSA) is 86.2 Å². The molecule has 2 heterocycles. The highest BCUT2D eigenvalue weighted by Crippen LogP contribution is 2.21. The quantitative estimate of drug-likeness (QED) is 0.527. The molecule has 1 aliphatic heterocycles. The lowest BCUT2D eigenvalue weighted by atomic mass is 9.98. The summed E-state index contributed by atoms with van der Waals surface area (Å²) in [4.78, 5) is 6.54. The Balaban J connectivity index is 2.08. The fourth-order valence-electron chi connectivity index (χ4n) is 2.09.